The molecule has 0 aliphatic carbocycles. The van der Waals surface area contributed by atoms with E-state index in [0.717, 1.165) is 25.9 Å². The molecule has 1 aromatic rings. The van der Waals surface area contributed by atoms with Gasteiger partial charge in [-0.25, -0.2) is 4.79 Å². The Hall–Kier alpha value is -1.59. The minimum Gasteiger partial charge on any atom is -0.336 e. The van der Waals surface area contributed by atoms with Gasteiger partial charge >= 0.3 is 6.03 Å². The molecule has 0 radical (unpaired) electrons. The van der Waals surface area contributed by atoms with Crippen LogP contribution in [0.15, 0.2) is 30.3 Å². The van der Waals surface area contributed by atoms with Crippen LogP contribution in [-0.2, 0) is 6.42 Å². The molecule has 5 nitrogen and oxygen atoms in total. The second kappa shape index (κ2) is 8.19. The molecule has 1 N–H and O–H groups in total. The van der Waals surface area contributed by atoms with Crippen LogP contribution in [0.4, 0.5) is 4.79 Å². The molecule has 2 aliphatic heterocycles. The van der Waals surface area contributed by atoms with Gasteiger partial charge in [0.15, 0.2) is 0 Å². The van der Waals surface area contributed by atoms with Crippen LogP contribution in [0.3, 0.4) is 0 Å². The molecule has 2 heterocycles. The molecule has 138 valence electrons. The number of benzene rings is 1. The highest BCUT2D eigenvalue weighted by Gasteiger charge is 2.36. The lowest BCUT2D eigenvalue weighted by atomic mass is 10.1. The number of fused-ring (bicyclic) bond motifs is 2. The zero-order chi connectivity index (χ0) is 17.8. The number of rotatable bonds is 5. The van der Waals surface area contributed by atoms with E-state index in [1.807, 2.05) is 11.0 Å². The summed E-state index contributed by atoms with van der Waals surface area (Å²) >= 11 is 0. The maximum atomic E-state index is 12.7. The predicted octanol–water partition coefficient (Wildman–Crippen LogP) is 2.04. The molecule has 2 fully saturated rings. The lowest BCUT2D eigenvalue weighted by Crippen LogP contribution is -2.48. The van der Waals surface area contributed by atoms with Gasteiger partial charge in [-0.05, 0) is 52.4 Å². The van der Waals surface area contributed by atoms with E-state index in [-0.39, 0.29) is 6.03 Å². The highest BCUT2D eigenvalue weighted by Crippen LogP contribution is 2.28. The molecule has 5 heteroatoms. The third-order valence-corrected chi connectivity index (χ3v) is 5.97. The van der Waals surface area contributed by atoms with Crippen LogP contribution < -0.4 is 5.32 Å². The summed E-state index contributed by atoms with van der Waals surface area (Å²) < 4.78 is 0. The Kier molecular flexibility index (Phi) is 5.97. The summed E-state index contributed by atoms with van der Waals surface area (Å²) in [6.45, 7) is 2.42. The van der Waals surface area contributed by atoms with Crippen molar-refractivity contribution in [1.82, 2.24) is 20.0 Å². The number of likely N-dealkylation sites (tertiary alicyclic amines) is 1. The van der Waals surface area contributed by atoms with E-state index in [0.29, 0.717) is 24.7 Å². The van der Waals surface area contributed by atoms with Crippen LogP contribution in [-0.4, -0.2) is 79.6 Å². The summed E-state index contributed by atoms with van der Waals surface area (Å²) in [5, 5.41) is 3.18. The standard InChI is InChI=1S/C20H32N4O/c1-22(2)19(13-16-7-5-4-6-8-16)14-21-20(25)24-12-11-17-9-10-18(15-24)23(17)3/h4-8,17-19H,9-15H2,1-3H3,(H,21,25)/t17-,18+,19+/m1/s1. The number of hydrogen-bond acceptors (Lipinski definition) is 3. The number of likely N-dealkylation sites (N-methyl/N-ethyl adjacent to an activating group) is 2. The molecule has 2 aliphatic rings. The highest BCUT2D eigenvalue weighted by molar-refractivity contribution is 5.74. The molecule has 2 saturated heterocycles. The first-order valence-corrected chi connectivity index (χ1v) is 9.49. The van der Waals surface area contributed by atoms with Crippen molar-refractivity contribution in [1.29, 1.82) is 0 Å². The first-order valence-electron chi connectivity index (χ1n) is 9.49. The van der Waals surface area contributed by atoms with Gasteiger partial charge in [0.2, 0.25) is 0 Å². The summed E-state index contributed by atoms with van der Waals surface area (Å²) in [4.78, 5) is 19.4. The second-order valence-corrected chi connectivity index (χ2v) is 7.78. The summed E-state index contributed by atoms with van der Waals surface area (Å²) in [5.74, 6) is 0. The maximum absolute atomic E-state index is 12.7. The fraction of sp³-hybridized carbons (Fsp3) is 0.650. The maximum Gasteiger partial charge on any atom is 0.317 e. The van der Waals surface area contributed by atoms with Gasteiger partial charge in [0.1, 0.15) is 0 Å². The smallest absolute Gasteiger partial charge is 0.317 e. The van der Waals surface area contributed by atoms with Gasteiger partial charge in [0.05, 0.1) is 0 Å². The normalized spacial score (nSPS) is 25.0. The van der Waals surface area contributed by atoms with Crippen LogP contribution in [0, 0.1) is 0 Å². The Morgan fingerprint density at radius 1 is 1.20 bits per heavy atom. The monoisotopic (exact) mass is 344 g/mol. The number of urea groups is 1. The largest absolute Gasteiger partial charge is 0.336 e. The van der Waals surface area contributed by atoms with Crippen LogP contribution in [0.25, 0.3) is 0 Å². The topological polar surface area (TPSA) is 38.8 Å². The average Bonchev–Trinajstić information content (AvgIpc) is 2.84. The second-order valence-electron chi connectivity index (χ2n) is 7.78. The van der Waals surface area contributed by atoms with Gasteiger partial charge in [0.25, 0.3) is 0 Å². The van der Waals surface area contributed by atoms with E-state index in [1.54, 1.807) is 0 Å². The van der Waals surface area contributed by atoms with Crippen molar-refractivity contribution in [2.75, 3.05) is 40.8 Å². The number of nitrogens with one attached hydrogen (secondary N) is 1. The van der Waals surface area contributed by atoms with Gasteiger partial charge in [-0.2, -0.15) is 0 Å². The van der Waals surface area contributed by atoms with Crippen LogP contribution in [0.5, 0.6) is 0 Å². The van der Waals surface area contributed by atoms with Crippen molar-refractivity contribution in [2.45, 2.75) is 43.8 Å². The zero-order valence-corrected chi connectivity index (χ0v) is 15.8. The minimum absolute atomic E-state index is 0.0980. The third-order valence-electron chi connectivity index (χ3n) is 5.97. The van der Waals surface area contributed by atoms with Gasteiger partial charge in [-0.1, -0.05) is 30.3 Å². The fourth-order valence-corrected chi connectivity index (χ4v) is 4.13. The van der Waals surface area contributed by atoms with E-state index in [9.17, 15) is 4.79 Å². The van der Waals surface area contributed by atoms with E-state index < -0.39 is 0 Å². The van der Waals surface area contributed by atoms with Crippen LogP contribution in [0.1, 0.15) is 24.8 Å². The molecule has 3 atom stereocenters. The van der Waals surface area contributed by atoms with Crippen molar-refractivity contribution < 1.29 is 4.79 Å². The van der Waals surface area contributed by atoms with E-state index in [2.05, 4.69) is 60.5 Å². The molecule has 2 bridgehead atoms. The van der Waals surface area contributed by atoms with E-state index in [1.165, 1.54) is 18.4 Å². The zero-order valence-electron chi connectivity index (χ0n) is 15.8. The van der Waals surface area contributed by atoms with Crippen molar-refractivity contribution in [3.05, 3.63) is 35.9 Å². The lowest BCUT2D eigenvalue weighted by Gasteiger charge is -2.29. The van der Waals surface area contributed by atoms with Gasteiger partial charge < -0.3 is 15.1 Å². The summed E-state index contributed by atoms with van der Waals surface area (Å²) in [7, 11) is 6.38. The van der Waals surface area contributed by atoms with Gasteiger partial charge in [-0.15, -0.1) is 0 Å². The summed E-state index contributed by atoms with van der Waals surface area (Å²) in [6, 6.07) is 12.1. The molecule has 0 spiro atoms. The van der Waals surface area contributed by atoms with Crippen LogP contribution >= 0.6 is 0 Å². The quantitative estimate of drug-likeness (QED) is 0.888. The van der Waals surface area contributed by atoms with Crippen molar-refractivity contribution in [3.8, 4) is 0 Å². The first-order chi connectivity index (χ1) is 12.0. The predicted molar refractivity (Wildman–Crippen MR) is 102 cm³/mol. The van der Waals surface area contributed by atoms with Crippen LogP contribution in [0.2, 0.25) is 0 Å². The summed E-state index contributed by atoms with van der Waals surface area (Å²) in [5.41, 5.74) is 1.31. The fourth-order valence-electron chi connectivity index (χ4n) is 4.13. The number of hydrogen-bond donors (Lipinski definition) is 1. The molecular formula is C20H32N4O. The van der Waals surface area contributed by atoms with Crippen molar-refractivity contribution in [2.24, 2.45) is 0 Å². The van der Waals surface area contributed by atoms with Gasteiger partial charge in [0, 0.05) is 37.8 Å². The summed E-state index contributed by atoms with van der Waals surface area (Å²) in [6.07, 6.45) is 4.55. The molecular weight excluding hydrogens is 312 g/mol. The van der Waals surface area contributed by atoms with E-state index in [4.69, 9.17) is 0 Å². The number of carbonyl (C=O) groups is 1. The molecule has 2 amide bonds. The molecule has 3 rings (SSSR count). The lowest BCUT2D eigenvalue weighted by molar-refractivity contribution is 0.183. The first kappa shape index (κ1) is 18.2. The average molecular weight is 345 g/mol. The minimum atomic E-state index is 0.0980. The molecule has 25 heavy (non-hydrogen) atoms. The Balaban J connectivity index is 1.53. The Labute approximate surface area is 152 Å². The number of nitrogens with zero attached hydrogens (tertiary/aromatic N) is 3. The Morgan fingerprint density at radius 3 is 2.64 bits per heavy atom. The van der Waals surface area contributed by atoms with Crippen molar-refractivity contribution in [3.63, 3.8) is 0 Å². The SMILES string of the molecule is CN(C)[C@H](CNC(=O)N1CC[C@H]2CC[C@@H](C1)N2C)Cc1ccccc1. The Bertz CT molecular complexity index is 562. The Morgan fingerprint density at radius 2 is 1.92 bits per heavy atom. The van der Waals surface area contributed by atoms with E-state index >= 15 is 0 Å². The number of carbonyl (C=O) groups excluding carboxylic acids is 1. The molecule has 0 aromatic heterocycles. The number of amides is 2. The highest BCUT2D eigenvalue weighted by atomic mass is 16.2. The van der Waals surface area contributed by atoms with Gasteiger partial charge in [-0.3, -0.25) is 4.90 Å². The molecule has 0 saturated carbocycles. The third kappa shape index (κ3) is 4.53. The van der Waals surface area contributed by atoms with Crippen molar-refractivity contribution >= 4 is 6.03 Å². The molecule has 0 unspecified atom stereocenters. The molecule has 1 aromatic carbocycles.